The van der Waals surface area contributed by atoms with Crippen LogP contribution in [0.3, 0.4) is 0 Å². The molecule has 0 radical (unpaired) electrons. The van der Waals surface area contributed by atoms with E-state index in [0.717, 1.165) is 16.5 Å². The summed E-state index contributed by atoms with van der Waals surface area (Å²) in [4.78, 5) is 16.6. The molecule has 0 saturated heterocycles. The zero-order valence-corrected chi connectivity index (χ0v) is 13.0. The number of hydrogen-bond donors (Lipinski definition) is 0. The van der Waals surface area contributed by atoms with Crippen molar-refractivity contribution in [3.8, 4) is 0 Å². The predicted octanol–water partition coefficient (Wildman–Crippen LogP) is 5.44. The van der Waals surface area contributed by atoms with E-state index in [9.17, 15) is 4.79 Å². The standard InChI is InChI=1S/C18H11Cl2NO/c19-13-6-7-15(16(20)11-13)18(22)8-5-12-9-10-21-17-4-2-1-3-14(12)17/h1-11H/b8-5+. The lowest BCUT2D eigenvalue weighted by Gasteiger charge is -2.02. The Balaban J connectivity index is 1.94. The Morgan fingerprint density at radius 1 is 1.05 bits per heavy atom. The van der Waals surface area contributed by atoms with Crippen LogP contribution in [0.15, 0.2) is 60.8 Å². The third-order valence-corrected chi connectivity index (χ3v) is 3.84. The molecule has 0 aliphatic carbocycles. The van der Waals surface area contributed by atoms with E-state index in [0.29, 0.717) is 15.6 Å². The Morgan fingerprint density at radius 2 is 1.86 bits per heavy atom. The van der Waals surface area contributed by atoms with E-state index in [-0.39, 0.29) is 5.78 Å². The van der Waals surface area contributed by atoms with Gasteiger partial charge in [-0.25, -0.2) is 0 Å². The highest BCUT2D eigenvalue weighted by molar-refractivity contribution is 6.37. The summed E-state index contributed by atoms with van der Waals surface area (Å²) in [6.07, 6.45) is 5.01. The van der Waals surface area contributed by atoms with Crippen LogP contribution in [-0.2, 0) is 0 Å². The molecule has 0 spiro atoms. The summed E-state index contributed by atoms with van der Waals surface area (Å²) in [5.74, 6) is -0.164. The molecule has 0 aliphatic heterocycles. The molecular weight excluding hydrogens is 317 g/mol. The van der Waals surface area contributed by atoms with E-state index in [1.165, 1.54) is 6.08 Å². The second kappa shape index (κ2) is 6.30. The fraction of sp³-hybridized carbons (Fsp3) is 0. The van der Waals surface area contributed by atoms with Crippen molar-refractivity contribution in [2.24, 2.45) is 0 Å². The molecule has 108 valence electrons. The molecule has 1 heterocycles. The van der Waals surface area contributed by atoms with E-state index in [1.807, 2.05) is 30.3 Å². The average molecular weight is 328 g/mol. The fourth-order valence-electron chi connectivity index (χ4n) is 2.21. The summed E-state index contributed by atoms with van der Waals surface area (Å²) in [5.41, 5.74) is 2.26. The molecule has 0 N–H and O–H groups in total. The third kappa shape index (κ3) is 3.03. The number of benzene rings is 2. The Kier molecular flexibility index (Phi) is 4.23. The molecule has 0 amide bonds. The molecular formula is C18H11Cl2NO. The van der Waals surface area contributed by atoms with Crippen LogP contribution in [0, 0.1) is 0 Å². The quantitative estimate of drug-likeness (QED) is 0.473. The number of fused-ring (bicyclic) bond motifs is 1. The lowest BCUT2D eigenvalue weighted by atomic mass is 10.1. The zero-order valence-electron chi connectivity index (χ0n) is 11.5. The minimum absolute atomic E-state index is 0.164. The number of rotatable bonds is 3. The number of allylic oxidation sites excluding steroid dienone is 1. The van der Waals surface area contributed by atoms with Gasteiger partial charge in [-0.2, -0.15) is 0 Å². The third-order valence-electron chi connectivity index (χ3n) is 3.29. The molecule has 0 aliphatic rings. The van der Waals surface area contributed by atoms with Gasteiger partial charge in [-0.3, -0.25) is 9.78 Å². The van der Waals surface area contributed by atoms with Crippen LogP contribution in [0.25, 0.3) is 17.0 Å². The highest BCUT2D eigenvalue weighted by Crippen LogP contribution is 2.22. The van der Waals surface area contributed by atoms with Crippen LogP contribution in [0.5, 0.6) is 0 Å². The van der Waals surface area contributed by atoms with Gasteiger partial charge in [-0.1, -0.05) is 47.5 Å². The maximum absolute atomic E-state index is 12.3. The fourth-order valence-corrected chi connectivity index (χ4v) is 2.71. The number of carbonyl (C=O) groups is 1. The van der Waals surface area contributed by atoms with Crippen LogP contribution in [0.4, 0.5) is 0 Å². The molecule has 2 nitrogen and oxygen atoms in total. The van der Waals surface area contributed by atoms with Gasteiger partial charge in [0.05, 0.1) is 10.5 Å². The first-order valence-electron chi connectivity index (χ1n) is 6.66. The summed E-state index contributed by atoms with van der Waals surface area (Å²) >= 11 is 11.9. The van der Waals surface area contributed by atoms with Gasteiger partial charge in [0.25, 0.3) is 0 Å². The highest BCUT2D eigenvalue weighted by Gasteiger charge is 2.08. The first-order valence-corrected chi connectivity index (χ1v) is 7.42. The monoisotopic (exact) mass is 327 g/mol. The van der Waals surface area contributed by atoms with E-state index in [1.54, 1.807) is 30.5 Å². The second-order valence-electron chi connectivity index (χ2n) is 4.74. The molecule has 0 fully saturated rings. The van der Waals surface area contributed by atoms with Crippen molar-refractivity contribution in [2.75, 3.05) is 0 Å². The van der Waals surface area contributed by atoms with Crippen LogP contribution in [0.2, 0.25) is 10.0 Å². The minimum Gasteiger partial charge on any atom is -0.289 e. The Hall–Kier alpha value is -2.16. The van der Waals surface area contributed by atoms with Crippen molar-refractivity contribution in [1.82, 2.24) is 4.98 Å². The van der Waals surface area contributed by atoms with Gasteiger partial charge in [-0.15, -0.1) is 0 Å². The molecule has 4 heteroatoms. The molecule has 3 rings (SSSR count). The number of hydrogen-bond acceptors (Lipinski definition) is 2. The smallest absolute Gasteiger partial charge is 0.187 e. The van der Waals surface area contributed by atoms with Crippen molar-refractivity contribution in [1.29, 1.82) is 0 Å². The molecule has 3 aromatic rings. The number of para-hydroxylation sites is 1. The van der Waals surface area contributed by atoms with E-state index in [4.69, 9.17) is 23.2 Å². The normalized spacial score (nSPS) is 11.2. The van der Waals surface area contributed by atoms with Gasteiger partial charge < -0.3 is 0 Å². The topological polar surface area (TPSA) is 30.0 Å². The van der Waals surface area contributed by atoms with E-state index in [2.05, 4.69) is 4.98 Å². The zero-order chi connectivity index (χ0) is 15.5. The second-order valence-corrected chi connectivity index (χ2v) is 5.58. The van der Waals surface area contributed by atoms with Crippen LogP contribution < -0.4 is 0 Å². The highest BCUT2D eigenvalue weighted by atomic mass is 35.5. The van der Waals surface area contributed by atoms with Gasteiger partial charge in [0.2, 0.25) is 0 Å². The number of ketones is 1. The first-order chi connectivity index (χ1) is 10.6. The SMILES string of the molecule is O=C(/C=C/c1ccnc2ccccc12)c1ccc(Cl)cc1Cl. The van der Waals surface area contributed by atoms with Gasteiger partial charge in [0.1, 0.15) is 0 Å². The van der Waals surface area contributed by atoms with Gasteiger partial charge in [0.15, 0.2) is 5.78 Å². The predicted molar refractivity (Wildman–Crippen MR) is 91.6 cm³/mol. The number of aromatic nitrogens is 1. The lowest BCUT2D eigenvalue weighted by Crippen LogP contribution is -1.95. The Labute approximate surface area is 138 Å². The lowest BCUT2D eigenvalue weighted by molar-refractivity contribution is 0.104. The molecule has 0 saturated carbocycles. The maximum atomic E-state index is 12.3. The van der Waals surface area contributed by atoms with Crippen molar-refractivity contribution in [3.63, 3.8) is 0 Å². The largest absolute Gasteiger partial charge is 0.289 e. The van der Waals surface area contributed by atoms with Crippen molar-refractivity contribution < 1.29 is 4.79 Å². The number of nitrogens with zero attached hydrogens (tertiary/aromatic N) is 1. The molecule has 22 heavy (non-hydrogen) atoms. The maximum Gasteiger partial charge on any atom is 0.187 e. The van der Waals surface area contributed by atoms with Gasteiger partial charge in [0, 0.05) is 22.2 Å². The van der Waals surface area contributed by atoms with Crippen molar-refractivity contribution in [3.05, 3.63) is 82.0 Å². The number of pyridine rings is 1. The van der Waals surface area contributed by atoms with Gasteiger partial charge in [-0.05, 0) is 42.0 Å². The van der Waals surface area contributed by atoms with E-state index >= 15 is 0 Å². The molecule has 0 atom stereocenters. The average Bonchev–Trinajstić information content (AvgIpc) is 2.52. The summed E-state index contributed by atoms with van der Waals surface area (Å²) in [7, 11) is 0. The minimum atomic E-state index is -0.164. The van der Waals surface area contributed by atoms with Crippen LogP contribution in [0.1, 0.15) is 15.9 Å². The molecule has 0 unspecified atom stereocenters. The van der Waals surface area contributed by atoms with Crippen molar-refractivity contribution in [2.45, 2.75) is 0 Å². The van der Waals surface area contributed by atoms with Crippen LogP contribution >= 0.6 is 23.2 Å². The van der Waals surface area contributed by atoms with Gasteiger partial charge >= 0.3 is 0 Å². The number of carbonyl (C=O) groups excluding carboxylic acids is 1. The Bertz CT molecular complexity index is 882. The summed E-state index contributed by atoms with van der Waals surface area (Å²) in [5, 5.41) is 1.85. The molecule has 1 aromatic heterocycles. The molecule has 2 aromatic carbocycles. The molecule has 0 bridgehead atoms. The van der Waals surface area contributed by atoms with E-state index < -0.39 is 0 Å². The van der Waals surface area contributed by atoms with Crippen molar-refractivity contribution >= 4 is 46.0 Å². The summed E-state index contributed by atoms with van der Waals surface area (Å²) in [6.45, 7) is 0. The number of halogens is 2. The Morgan fingerprint density at radius 3 is 2.68 bits per heavy atom. The summed E-state index contributed by atoms with van der Waals surface area (Å²) in [6, 6.07) is 14.5. The summed E-state index contributed by atoms with van der Waals surface area (Å²) < 4.78 is 0. The van der Waals surface area contributed by atoms with Crippen LogP contribution in [-0.4, -0.2) is 10.8 Å². The first kappa shape index (κ1) is 14.8.